The van der Waals surface area contributed by atoms with Crippen molar-refractivity contribution in [1.82, 2.24) is 0 Å². The molecule has 2 atom stereocenters. The lowest BCUT2D eigenvalue weighted by Gasteiger charge is -2.13. The molecular weight excluding hydrogens is 176 g/mol. The quantitative estimate of drug-likeness (QED) is 0.289. The summed E-state index contributed by atoms with van der Waals surface area (Å²) in [5.41, 5.74) is 0. The van der Waals surface area contributed by atoms with E-state index in [1.165, 1.54) is 0 Å². The second-order valence-corrected chi connectivity index (χ2v) is 2.84. The summed E-state index contributed by atoms with van der Waals surface area (Å²) in [7, 11) is 0. The molecular formula is C8H18O5. The van der Waals surface area contributed by atoms with Gasteiger partial charge in [0, 0.05) is 6.61 Å². The highest BCUT2D eigenvalue weighted by molar-refractivity contribution is 4.51. The molecule has 80 valence electrons. The Morgan fingerprint density at radius 2 is 1.77 bits per heavy atom. The van der Waals surface area contributed by atoms with Crippen molar-refractivity contribution < 1.29 is 25.2 Å². The van der Waals surface area contributed by atoms with Gasteiger partial charge in [0.25, 0.3) is 0 Å². The van der Waals surface area contributed by atoms with E-state index in [2.05, 4.69) is 0 Å². The van der Waals surface area contributed by atoms with Crippen LogP contribution in [-0.2, 0) is 4.74 Å². The molecule has 0 aliphatic rings. The highest BCUT2D eigenvalue weighted by Gasteiger charge is 2.07. The number of aliphatic hydroxyl groups excluding tert-OH is 4. The fourth-order valence-corrected chi connectivity index (χ4v) is 0.789. The van der Waals surface area contributed by atoms with Crippen LogP contribution in [0.1, 0.15) is 19.3 Å². The van der Waals surface area contributed by atoms with Gasteiger partial charge in [-0.15, -0.1) is 0 Å². The predicted molar refractivity (Wildman–Crippen MR) is 46.0 cm³/mol. The van der Waals surface area contributed by atoms with Crippen LogP contribution in [0.25, 0.3) is 0 Å². The van der Waals surface area contributed by atoms with Crippen LogP contribution in [0.15, 0.2) is 0 Å². The van der Waals surface area contributed by atoms with Crippen LogP contribution in [0.5, 0.6) is 0 Å². The first-order chi connectivity index (χ1) is 6.20. The first kappa shape index (κ1) is 12.8. The molecule has 0 fully saturated rings. The van der Waals surface area contributed by atoms with Crippen LogP contribution >= 0.6 is 0 Å². The molecule has 0 radical (unpaired) electrons. The molecule has 0 saturated carbocycles. The van der Waals surface area contributed by atoms with E-state index >= 15 is 0 Å². The van der Waals surface area contributed by atoms with E-state index in [1.807, 2.05) is 0 Å². The van der Waals surface area contributed by atoms with Crippen molar-refractivity contribution in [2.75, 3.05) is 19.8 Å². The van der Waals surface area contributed by atoms with Crippen molar-refractivity contribution in [2.45, 2.75) is 31.7 Å². The molecule has 0 spiro atoms. The Labute approximate surface area is 77.6 Å². The molecule has 0 saturated heterocycles. The third-order valence-electron chi connectivity index (χ3n) is 1.55. The SMILES string of the molecule is OCCCCC(O)OCC(O)CO. The molecule has 2 unspecified atom stereocenters. The summed E-state index contributed by atoms with van der Waals surface area (Å²) in [5, 5.41) is 34.8. The highest BCUT2D eigenvalue weighted by atomic mass is 16.6. The van der Waals surface area contributed by atoms with Crippen molar-refractivity contribution in [3.63, 3.8) is 0 Å². The van der Waals surface area contributed by atoms with Gasteiger partial charge in [0.15, 0.2) is 6.29 Å². The zero-order valence-electron chi connectivity index (χ0n) is 7.59. The molecule has 0 aromatic heterocycles. The minimum atomic E-state index is -0.938. The van der Waals surface area contributed by atoms with E-state index < -0.39 is 12.4 Å². The van der Waals surface area contributed by atoms with Gasteiger partial charge < -0.3 is 25.2 Å². The smallest absolute Gasteiger partial charge is 0.154 e. The van der Waals surface area contributed by atoms with E-state index in [0.29, 0.717) is 19.3 Å². The fourth-order valence-electron chi connectivity index (χ4n) is 0.789. The van der Waals surface area contributed by atoms with Crippen LogP contribution in [0, 0.1) is 0 Å². The topological polar surface area (TPSA) is 90.2 Å². The fraction of sp³-hybridized carbons (Fsp3) is 1.00. The van der Waals surface area contributed by atoms with Gasteiger partial charge in [0.05, 0.1) is 13.2 Å². The van der Waals surface area contributed by atoms with E-state index in [4.69, 9.17) is 25.2 Å². The van der Waals surface area contributed by atoms with Crippen molar-refractivity contribution in [3.8, 4) is 0 Å². The zero-order valence-corrected chi connectivity index (χ0v) is 7.59. The lowest BCUT2D eigenvalue weighted by molar-refractivity contribution is -0.130. The minimum Gasteiger partial charge on any atom is -0.396 e. The maximum atomic E-state index is 9.12. The Bertz CT molecular complexity index is 109. The van der Waals surface area contributed by atoms with Gasteiger partial charge in [-0.3, -0.25) is 0 Å². The second-order valence-electron chi connectivity index (χ2n) is 2.84. The van der Waals surface area contributed by atoms with Crippen LogP contribution < -0.4 is 0 Å². The number of aliphatic hydroxyl groups is 4. The van der Waals surface area contributed by atoms with E-state index in [0.717, 1.165) is 0 Å². The van der Waals surface area contributed by atoms with Crippen LogP contribution in [0.2, 0.25) is 0 Å². The summed E-state index contributed by atoms with van der Waals surface area (Å²) in [6.07, 6.45) is -0.130. The van der Waals surface area contributed by atoms with Crippen molar-refractivity contribution in [3.05, 3.63) is 0 Å². The van der Waals surface area contributed by atoms with E-state index in [9.17, 15) is 0 Å². The van der Waals surface area contributed by atoms with E-state index in [1.54, 1.807) is 0 Å². The summed E-state index contributed by atoms with van der Waals surface area (Å²) >= 11 is 0. The number of ether oxygens (including phenoxy) is 1. The number of hydrogen-bond acceptors (Lipinski definition) is 5. The molecule has 0 aromatic rings. The molecule has 0 heterocycles. The average Bonchev–Trinajstić information content (AvgIpc) is 2.14. The first-order valence-electron chi connectivity index (χ1n) is 4.40. The van der Waals surface area contributed by atoms with Gasteiger partial charge in [-0.25, -0.2) is 0 Å². The molecule has 5 heteroatoms. The zero-order chi connectivity index (χ0) is 10.1. The standard InChI is InChI=1S/C8H18O5/c9-4-2-1-3-8(12)13-6-7(11)5-10/h7-12H,1-6H2. The second kappa shape index (κ2) is 8.40. The van der Waals surface area contributed by atoms with Crippen molar-refractivity contribution in [2.24, 2.45) is 0 Å². The third kappa shape index (κ3) is 8.14. The van der Waals surface area contributed by atoms with E-state index in [-0.39, 0.29) is 19.8 Å². The van der Waals surface area contributed by atoms with Gasteiger partial charge >= 0.3 is 0 Å². The summed E-state index contributed by atoms with van der Waals surface area (Å²) in [5.74, 6) is 0. The Hall–Kier alpha value is -0.200. The Morgan fingerprint density at radius 1 is 1.08 bits per heavy atom. The normalized spacial score (nSPS) is 15.7. The van der Waals surface area contributed by atoms with Crippen molar-refractivity contribution in [1.29, 1.82) is 0 Å². The Kier molecular flexibility index (Phi) is 8.27. The lowest BCUT2D eigenvalue weighted by atomic mass is 10.2. The molecule has 0 aliphatic heterocycles. The van der Waals surface area contributed by atoms with Gasteiger partial charge in [-0.05, 0) is 19.3 Å². The summed E-state index contributed by atoms with van der Waals surface area (Å²) in [6, 6.07) is 0. The molecule has 13 heavy (non-hydrogen) atoms. The molecule has 0 rings (SSSR count). The van der Waals surface area contributed by atoms with Crippen molar-refractivity contribution >= 4 is 0 Å². The number of hydrogen-bond donors (Lipinski definition) is 4. The monoisotopic (exact) mass is 194 g/mol. The molecule has 0 aromatic carbocycles. The lowest BCUT2D eigenvalue weighted by Crippen LogP contribution is -2.24. The summed E-state index contributed by atoms with van der Waals surface area (Å²) in [6.45, 7) is -0.341. The highest BCUT2D eigenvalue weighted by Crippen LogP contribution is 2.02. The average molecular weight is 194 g/mol. The summed E-state index contributed by atoms with van der Waals surface area (Å²) < 4.78 is 4.81. The van der Waals surface area contributed by atoms with Crippen LogP contribution in [-0.4, -0.2) is 52.6 Å². The minimum absolute atomic E-state index is 0.0726. The molecule has 0 bridgehead atoms. The molecule has 0 aliphatic carbocycles. The predicted octanol–water partition coefficient (Wildman–Crippen LogP) is -1.16. The largest absolute Gasteiger partial charge is 0.396 e. The molecule has 0 amide bonds. The maximum Gasteiger partial charge on any atom is 0.154 e. The third-order valence-corrected chi connectivity index (χ3v) is 1.55. The van der Waals surface area contributed by atoms with Crippen LogP contribution in [0.4, 0.5) is 0 Å². The Morgan fingerprint density at radius 3 is 2.31 bits per heavy atom. The van der Waals surface area contributed by atoms with Crippen LogP contribution in [0.3, 0.4) is 0 Å². The van der Waals surface area contributed by atoms with Gasteiger partial charge in [-0.2, -0.15) is 0 Å². The maximum absolute atomic E-state index is 9.12. The molecule has 4 N–H and O–H groups in total. The van der Waals surface area contributed by atoms with Gasteiger partial charge in [0.1, 0.15) is 6.10 Å². The number of rotatable bonds is 8. The molecule has 5 nitrogen and oxygen atoms in total. The first-order valence-corrected chi connectivity index (χ1v) is 4.40. The number of unbranched alkanes of at least 4 members (excludes halogenated alkanes) is 1. The Balaban J connectivity index is 3.24. The summed E-state index contributed by atoms with van der Waals surface area (Å²) in [4.78, 5) is 0. The van der Waals surface area contributed by atoms with Gasteiger partial charge in [0.2, 0.25) is 0 Å². The van der Waals surface area contributed by atoms with Gasteiger partial charge in [-0.1, -0.05) is 0 Å².